The SMILES string of the molecule is O=C([O-])N1CCCC(C2=C3C=NC=C[N+]3(Cl)C(Br)=N2)C1. The lowest BCUT2D eigenvalue weighted by Gasteiger charge is -2.34. The Morgan fingerprint density at radius 3 is 3.15 bits per heavy atom. The van der Waals surface area contributed by atoms with E-state index in [4.69, 9.17) is 11.8 Å². The maximum atomic E-state index is 11.0. The molecular weight excluding hydrogens is 348 g/mol. The number of halogens is 2. The summed E-state index contributed by atoms with van der Waals surface area (Å²) in [6, 6.07) is 0. The van der Waals surface area contributed by atoms with Gasteiger partial charge in [-0.3, -0.25) is 4.99 Å². The number of amidine groups is 1. The van der Waals surface area contributed by atoms with Crippen molar-refractivity contribution in [1.82, 2.24) is 4.90 Å². The summed E-state index contributed by atoms with van der Waals surface area (Å²) in [4.78, 5) is 20.9. The summed E-state index contributed by atoms with van der Waals surface area (Å²) in [5.74, 6) is 0.0147. The molecule has 3 rings (SSSR count). The van der Waals surface area contributed by atoms with Gasteiger partial charge >= 0.3 is 0 Å². The molecule has 106 valence electrons. The van der Waals surface area contributed by atoms with E-state index in [0.29, 0.717) is 17.8 Å². The Hall–Kier alpha value is -1.18. The number of carboxylic acid groups (broad SMARTS) is 1. The molecule has 0 radical (unpaired) electrons. The van der Waals surface area contributed by atoms with Crippen molar-refractivity contribution in [2.24, 2.45) is 15.9 Å². The van der Waals surface area contributed by atoms with Crippen LogP contribution in [0.1, 0.15) is 12.8 Å². The number of carbonyl (C=O) groups excluding carboxylic acids is 1. The van der Waals surface area contributed by atoms with Gasteiger partial charge in [0.25, 0.3) is 4.74 Å². The van der Waals surface area contributed by atoms with Crippen molar-refractivity contribution in [3.8, 4) is 0 Å². The maximum Gasteiger partial charge on any atom is 0.299 e. The fourth-order valence-corrected chi connectivity index (χ4v) is 3.42. The smallest absolute Gasteiger partial charge is 0.299 e. The molecule has 2 atom stereocenters. The van der Waals surface area contributed by atoms with Crippen molar-refractivity contribution in [3.05, 3.63) is 23.8 Å². The number of likely N-dealkylation sites (tertiary alicyclic amines) is 1. The zero-order chi connectivity index (χ0) is 14.3. The standard InChI is InChI=1S/C12H12BrClN4O2/c13-11-16-10(9-6-15-3-5-18(9,11)14)8-2-1-4-17(7-8)12(19)20/h3,5-6,8H,1-2,4,7H2. The molecule has 0 aliphatic carbocycles. The van der Waals surface area contributed by atoms with Gasteiger partial charge < -0.3 is 14.8 Å². The number of quaternary nitrogens is 1. The summed E-state index contributed by atoms with van der Waals surface area (Å²) < 4.78 is 0.498. The first-order valence-corrected chi connectivity index (χ1v) is 7.40. The number of carbonyl (C=O) groups is 1. The number of allylic oxidation sites excluding steroid dienone is 1. The van der Waals surface area contributed by atoms with Crippen molar-refractivity contribution < 1.29 is 13.9 Å². The normalized spacial score (nSPS) is 32.4. The van der Waals surface area contributed by atoms with Crippen molar-refractivity contribution in [3.63, 3.8) is 0 Å². The minimum atomic E-state index is -1.13. The molecule has 20 heavy (non-hydrogen) atoms. The van der Waals surface area contributed by atoms with Gasteiger partial charge in [-0.2, -0.15) is 4.99 Å². The third-order valence-electron chi connectivity index (χ3n) is 3.72. The molecule has 6 nitrogen and oxygen atoms in total. The van der Waals surface area contributed by atoms with Crippen LogP contribution in [0.25, 0.3) is 0 Å². The topological polar surface area (TPSA) is 68.1 Å². The highest BCUT2D eigenvalue weighted by Crippen LogP contribution is 2.41. The lowest BCUT2D eigenvalue weighted by Crippen LogP contribution is -2.47. The van der Waals surface area contributed by atoms with E-state index in [2.05, 4.69) is 25.9 Å². The van der Waals surface area contributed by atoms with Crippen molar-refractivity contribution >= 4 is 44.8 Å². The third kappa shape index (κ3) is 2.10. The summed E-state index contributed by atoms with van der Waals surface area (Å²) in [5.41, 5.74) is 1.57. The zero-order valence-corrected chi connectivity index (χ0v) is 12.8. The predicted octanol–water partition coefficient (Wildman–Crippen LogP) is 1.54. The highest BCUT2D eigenvalue weighted by atomic mass is 79.9. The quantitative estimate of drug-likeness (QED) is 0.526. The number of nitrogens with zero attached hydrogens (tertiary/aromatic N) is 4. The first-order valence-electron chi connectivity index (χ1n) is 6.27. The number of piperidine rings is 1. The third-order valence-corrected chi connectivity index (χ3v) is 5.11. The molecule has 0 aromatic rings. The second kappa shape index (κ2) is 4.98. The summed E-state index contributed by atoms with van der Waals surface area (Å²) in [6.07, 6.45) is 5.54. The summed E-state index contributed by atoms with van der Waals surface area (Å²) in [7, 11) is 0. The van der Waals surface area contributed by atoms with Crippen molar-refractivity contribution in [1.29, 1.82) is 0 Å². The fraction of sp³-hybridized carbons (Fsp3) is 0.417. The Morgan fingerprint density at radius 1 is 1.60 bits per heavy atom. The molecule has 0 aromatic carbocycles. The van der Waals surface area contributed by atoms with Crippen LogP contribution in [0.2, 0.25) is 0 Å². The van der Waals surface area contributed by atoms with Crippen LogP contribution in [-0.4, -0.2) is 39.0 Å². The Kier molecular flexibility index (Phi) is 3.43. The molecular formula is C12H12BrClN4O2. The van der Waals surface area contributed by atoms with E-state index in [9.17, 15) is 9.90 Å². The van der Waals surface area contributed by atoms with Gasteiger partial charge in [0.15, 0.2) is 11.8 Å². The van der Waals surface area contributed by atoms with Gasteiger partial charge in [0, 0.05) is 34.9 Å². The largest absolute Gasteiger partial charge is 0.530 e. The molecule has 0 N–H and O–H groups in total. The lowest BCUT2D eigenvalue weighted by molar-refractivity contribution is -0.595. The number of rotatable bonds is 1. The monoisotopic (exact) mass is 358 g/mol. The van der Waals surface area contributed by atoms with E-state index in [1.165, 1.54) is 4.90 Å². The number of amides is 1. The van der Waals surface area contributed by atoms with Crippen LogP contribution in [0, 0.1) is 5.92 Å². The van der Waals surface area contributed by atoms with Crippen molar-refractivity contribution in [2.45, 2.75) is 12.8 Å². The summed E-state index contributed by atoms with van der Waals surface area (Å²) in [5, 5.41) is 11.0. The van der Waals surface area contributed by atoms with Gasteiger partial charge in [-0.1, -0.05) is 0 Å². The molecule has 2 unspecified atom stereocenters. The Balaban J connectivity index is 1.94. The van der Waals surface area contributed by atoms with Gasteiger partial charge in [-0.05, 0) is 12.8 Å². The van der Waals surface area contributed by atoms with Gasteiger partial charge in [0.1, 0.15) is 18.0 Å². The first kappa shape index (κ1) is 13.8. The molecule has 0 bridgehead atoms. The van der Waals surface area contributed by atoms with E-state index in [-0.39, 0.29) is 9.92 Å². The molecule has 1 amide bonds. The van der Waals surface area contributed by atoms with Crippen LogP contribution in [-0.2, 0) is 0 Å². The Labute approximate surface area is 129 Å². The molecule has 8 heteroatoms. The van der Waals surface area contributed by atoms with E-state index >= 15 is 0 Å². The number of hydrogen-bond acceptors (Lipinski definition) is 4. The van der Waals surface area contributed by atoms with Gasteiger partial charge in [0.2, 0.25) is 5.70 Å². The second-order valence-corrected chi connectivity index (χ2v) is 6.16. The van der Waals surface area contributed by atoms with E-state index < -0.39 is 6.09 Å². The van der Waals surface area contributed by atoms with E-state index in [1.807, 2.05) is 0 Å². The highest BCUT2D eigenvalue weighted by molar-refractivity contribution is 9.18. The van der Waals surface area contributed by atoms with E-state index in [0.717, 1.165) is 24.2 Å². The van der Waals surface area contributed by atoms with Crippen LogP contribution in [0.4, 0.5) is 4.79 Å². The number of hydrogen-bond donors (Lipinski definition) is 0. The molecule has 1 fully saturated rings. The van der Waals surface area contributed by atoms with Crippen LogP contribution < -0.4 is 5.11 Å². The summed E-state index contributed by atoms with van der Waals surface area (Å²) in [6.45, 7) is 0.903. The van der Waals surface area contributed by atoms with Crippen LogP contribution in [0.3, 0.4) is 0 Å². The van der Waals surface area contributed by atoms with Gasteiger partial charge in [-0.15, -0.1) is 4.00 Å². The maximum absolute atomic E-state index is 11.0. The van der Waals surface area contributed by atoms with Crippen LogP contribution in [0.5, 0.6) is 0 Å². The second-order valence-electron chi connectivity index (χ2n) is 4.92. The number of aliphatic imine (C=N–C) groups is 2. The van der Waals surface area contributed by atoms with Gasteiger partial charge in [-0.25, -0.2) is 0 Å². The fourth-order valence-electron chi connectivity index (χ4n) is 2.70. The Morgan fingerprint density at radius 2 is 2.40 bits per heavy atom. The molecule has 1 saturated heterocycles. The minimum Gasteiger partial charge on any atom is -0.530 e. The van der Waals surface area contributed by atoms with Crippen LogP contribution in [0.15, 0.2) is 33.8 Å². The molecule has 0 spiro atoms. The first-order chi connectivity index (χ1) is 9.52. The predicted molar refractivity (Wildman–Crippen MR) is 76.8 cm³/mol. The van der Waals surface area contributed by atoms with E-state index in [1.54, 1.807) is 18.6 Å². The molecule has 3 aliphatic heterocycles. The highest BCUT2D eigenvalue weighted by Gasteiger charge is 2.46. The average molecular weight is 360 g/mol. The summed E-state index contributed by atoms with van der Waals surface area (Å²) >= 11 is 9.90. The molecule has 3 aliphatic rings. The van der Waals surface area contributed by atoms with Crippen LogP contribution >= 0.6 is 27.7 Å². The molecule has 0 aromatic heterocycles. The Bertz CT molecular complexity index is 586. The molecule has 0 saturated carbocycles. The van der Waals surface area contributed by atoms with Crippen molar-refractivity contribution in [2.75, 3.05) is 13.1 Å². The number of fused-ring (bicyclic) bond motifs is 1. The van der Waals surface area contributed by atoms with Gasteiger partial charge in [0.05, 0.1) is 12.4 Å². The average Bonchev–Trinajstić information content (AvgIpc) is 2.71. The minimum absolute atomic E-state index is 0.0147. The molecule has 3 heterocycles. The lowest BCUT2D eigenvalue weighted by atomic mass is 9.94. The zero-order valence-electron chi connectivity index (χ0n) is 10.5.